The van der Waals surface area contributed by atoms with E-state index in [0.29, 0.717) is 22.2 Å². The predicted octanol–water partition coefficient (Wildman–Crippen LogP) is 3.58. The summed E-state index contributed by atoms with van der Waals surface area (Å²) in [5.41, 5.74) is 1.65. The summed E-state index contributed by atoms with van der Waals surface area (Å²) in [6.45, 7) is 0. The van der Waals surface area contributed by atoms with E-state index in [0.717, 1.165) is 6.20 Å². The summed E-state index contributed by atoms with van der Waals surface area (Å²) < 4.78 is 5.05. The molecule has 0 unspecified atom stereocenters. The van der Waals surface area contributed by atoms with Gasteiger partial charge in [0.05, 0.1) is 17.5 Å². The summed E-state index contributed by atoms with van der Waals surface area (Å²) in [5.74, 6) is 2.60. The number of pyridine rings is 1. The van der Waals surface area contributed by atoms with Crippen LogP contribution in [0.4, 0.5) is 17.1 Å². The molecule has 0 amide bonds. The smallest absolute Gasteiger partial charge is 0.311 e. The zero-order chi connectivity index (χ0) is 18.0. The molecule has 0 spiro atoms. The van der Waals surface area contributed by atoms with E-state index in [1.807, 2.05) is 0 Å². The standard InChI is InChI=1S/C18H13N3O4/c1-3-11-5-4-6-12(7-11)20-18-13-8-16(22)17(25-2)9-14(13)19-10-15(18)21(23)24/h1,4-10,22H,2H3,(H,19,20). The van der Waals surface area contributed by atoms with Crippen LogP contribution in [0.25, 0.3) is 10.9 Å². The number of aromatic hydroxyl groups is 1. The van der Waals surface area contributed by atoms with Crippen LogP contribution in [-0.2, 0) is 0 Å². The van der Waals surface area contributed by atoms with Crippen molar-refractivity contribution in [2.75, 3.05) is 12.4 Å². The molecule has 7 nitrogen and oxygen atoms in total. The zero-order valence-corrected chi connectivity index (χ0v) is 13.2. The van der Waals surface area contributed by atoms with Crippen molar-refractivity contribution in [2.45, 2.75) is 0 Å². The number of methoxy groups -OCH3 is 1. The predicted molar refractivity (Wildman–Crippen MR) is 94.3 cm³/mol. The van der Waals surface area contributed by atoms with Crippen LogP contribution in [0, 0.1) is 22.5 Å². The number of nitrogens with one attached hydrogen (secondary N) is 1. The first-order valence-electron chi connectivity index (χ1n) is 7.21. The molecule has 0 saturated carbocycles. The number of benzene rings is 2. The largest absolute Gasteiger partial charge is 0.504 e. The Labute approximate surface area is 143 Å². The fraction of sp³-hybridized carbons (Fsp3) is 0.0556. The molecule has 0 aliphatic carbocycles. The number of hydrogen-bond donors (Lipinski definition) is 2. The lowest BCUT2D eigenvalue weighted by Gasteiger charge is -2.12. The van der Waals surface area contributed by atoms with E-state index in [-0.39, 0.29) is 22.9 Å². The van der Waals surface area contributed by atoms with Gasteiger partial charge in [-0.15, -0.1) is 6.42 Å². The Bertz CT molecular complexity index is 1020. The number of rotatable bonds is 4. The minimum atomic E-state index is -0.541. The van der Waals surface area contributed by atoms with Gasteiger partial charge in [0.25, 0.3) is 0 Å². The fourth-order valence-corrected chi connectivity index (χ4v) is 2.46. The van der Waals surface area contributed by atoms with Crippen molar-refractivity contribution in [3.63, 3.8) is 0 Å². The highest BCUT2D eigenvalue weighted by molar-refractivity contribution is 5.99. The maximum absolute atomic E-state index is 11.4. The number of hydrogen-bond acceptors (Lipinski definition) is 6. The summed E-state index contributed by atoms with van der Waals surface area (Å²) in [4.78, 5) is 14.9. The van der Waals surface area contributed by atoms with Crippen LogP contribution in [0.2, 0.25) is 0 Å². The molecule has 0 fully saturated rings. The number of phenolic OH excluding ortho intramolecular Hbond substituents is 1. The Morgan fingerprint density at radius 1 is 1.36 bits per heavy atom. The van der Waals surface area contributed by atoms with Crippen LogP contribution in [0.15, 0.2) is 42.6 Å². The Kier molecular flexibility index (Phi) is 4.10. The third-order valence-corrected chi connectivity index (χ3v) is 3.64. The molecule has 0 bridgehead atoms. The second kappa shape index (κ2) is 6.37. The number of fused-ring (bicyclic) bond motifs is 1. The van der Waals surface area contributed by atoms with Crippen molar-refractivity contribution in [3.8, 4) is 23.8 Å². The highest BCUT2D eigenvalue weighted by atomic mass is 16.6. The number of nitrogens with zero attached hydrogens (tertiary/aromatic N) is 2. The van der Waals surface area contributed by atoms with Gasteiger partial charge >= 0.3 is 5.69 Å². The van der Waals surface area contributed by atoms with Crippen molar-refractivity contribution < 1.29 is 14.8 Å². The number of anilines is 2. The van der Waals surface area contributed by atoms with Crippen LogP contribution in [0.3, 0.4) is 0 Å². The van der Waals surface area contributed by atoms with Gasteiger partial charge in [0.2, 0.25) is 0 Å². The Hall–Kier alpha value is -3.79. The molecule has 25 heavy (non-hydrogen) atoms. The third-order valence-electron chi connectivity index (χ3n) is 3.64. The topological polar surface area (TPSA) is 97.5 Å². The summed E-state index contributed by atoms with van der Waals surface area (Å²) in [6.07, 6.45) is 6.55. The van der Waals surface area contributed by atoms with Crippen molar-refractivity contribution in [3.05, 3.63) is 58.3 Å². The molecule has 0 aliphatic rings. The molecule has 0 radical (unpaired) electrons. The molecule has 124 valence electrons. The first kappa shape index (κ1) is 16.1. The lowest BCUT2D eigenvalue weighted by molar-refractivity contribution is -0.384. The summed E-state index contributed by atoms with van der Waals surface area (Å²) in [7, 11) is 1.41. The first-order valence-corrected chi connectivity index (χ1v) is 7.21. The van der Waals surface area contributed by atoms with Gasteiger partial charge in [-0.3, -0.25) is 10.1 Å². The van der Waals surface area contributed by atoms with Gasteiger partial charge < -0.3 is 15.2 Å². The normalized spacial score (nSPS) is 10.2. The van der Waals surface area contributed by atoms with Crippen LogP contribution in [0.1, 0.15) is 5.56 Å². The van der Waals surface area contributed by atoms with Crippen molar-refractivity contribution >= 4 is 28.0 Å². The average Bonchev–Trinajstić information content (AvgIpc) is 2.61. The van der Waals surface area contributed by atoms with E-state index in [9.17, 15) is 15.2 Å². The molecule has 0 aliphatic heterocycles. The van der Waals surface area contributed by atoms with E-state index in [4.69, 9.17) is 11.2 Å². The molecule has 7 heteroatoms. The minimum absolute atomic E-state index is 0.141. The van der Waals surface area contributed by atoms with Crippen molar-refractivity contribution in [1.29, 1.82) is 0 Å². The highest BCUT2D eigenvalue weighted by Crippen LogP contribution is 2.39. The zero-order valence-electron chi connectivity index (χ0n) is 13.2. The SMILES string of the molecule is C#Cc1cccc(Nc2c([N+](=O)[O-])cnc3cc(OC)c(O)cc23)c1. The first-order chi connectivity index (χ1) is 12.0. The summed E-state index contributed by atoms with van der Waals surface area (Å²) in [6, 6.07) is 9.81. The average molecular weight is 335 g/mol. The van der Waals surface area contributed by atoms with Crippen molar-refractivity contribution in [2.24, 2.45) is 0 Å². The maximum Gasteiger partial charge on any atom is 0.311 e. The molecule has 3 aromatic rings. The Morgan fingerprint density at radius 3 is 2.84 bits per heavy atom. The quantitative estimate of drug-likeness (QED) is 0.430. The molecule has 3 rings (SSSR count). The monoisotopic (exact) mass is 335 g/mol. The Balaban J connectivity index is 2.22. The van der Waals surface area contributed by atoms with E-state index < -0.39 is 4.92 Å². The molecule has 2 N–H and O–H groups in total. The van der Waals surface area contributed by atoms with Gasteiger partial charge in [-0.05, 0) is 24.3 Å². The van der Waals surface area contributed by atoms with Gasteiger partial charge in [-0.2, -0.15) is 0 Å². The number of phenols is 1. The highest BCUT2D eigenvalue weighted by Gasteiger charge is 2.20. The molecular formula is C18H13N3O4. The molecule has 1 heterocycles. The third kappa shape index (κ3) is 3.01. The van der Waals surface area contributed by atoms with Crippen LogP contribution >= 0.6 is 0 Å². The van der Waals surface area contributed by atoms with Crippen LogP contribution in [-0.4, -0.2) is 22.1 Å². The van der Waals surface area contributed by atoms with Gasteiger partial charge in [0.1, 0.15) is 11.9 Å². The van der Waals surface area contributed by atoms with Crippen molar-refractivity contribution in [1.82, 2.24) is 4.98 Å². The summed E-state index contributed by atoms with van der Waals surface area (Å²) >= 11 is 0. The van der Waals surface area contributed by atoms with Gasteiger partial charge in [0, 0.05) is 22.7 Å². The number of ether oxygens (including phenoxy) is 1. The van der Waals surface area contributed by atoms with E-state index in [2.05, 4.69) is 16.2 Å². The van der Waals surface area contributed by atoms with Crippen LogP contribution < -0.4 is 10.1 Å². The summed E-state index contributed by atoms with van der Waals surface area (Å²) in [5, 5.41) is 24.8. The lowest BCUT2D eigenvalue weighted by atomic mass is 10.1. The molecule has 1 aromatic heterocycles. The van der Waals surface area contributed by atoms with Gasteiger partial charge in [0.15, 0.2) is 11.5 Å². The molecule has 0 atom stereocenters. The van der Waals surface area contributed by atoms with Crippen LogP contribution in [0.5, 0.6) is 11.5 Å². The number of aromatic nitrogens is 1. The molecular weight excluding hydrogens is 322 g/mol. The second-order valence-corrected chi connectivity index (χ2v) is 5.17. The fourth-order valence-electron chi connectivity index (χ4n) is 2.46. The van der Waals surface area contributed by atoms with Gasteiger partial charge in [-0.25, -0.2) is 4.98 Å². The van der Waals surface area contributed by atoms with E-state index in [1.54, 1.807) is 24.3 Å². The minimum Gasteiger partial charge on any atom is -0.504 e. The van der Waals surface area contributed by atoms with E-state index in [1.165, 1.54) is 19.2 Å². The van der Waals surface area contributed by atoms with Gasteiger partial charge in [-0.1, -0.05) is 12.0 Å². The number of terminal acetylenes is 1. The second-order valence-electron chi connectivity index (χ2n) is 5.17. The lowest BCUT2D eigenvalue weighted by Crippen LogP contribution is -2.00. The molecule has 0 saturated heterocycles. The van der Waals surface area contributed by atoms with E-state index >= 15 is 0 Å². The molecule has 2 aromatic carbocycles. The Morgan fingerprint density at radius 2 is 2.16 bits per heavy atom. The number of nitro groups is 1. The maximum atomic E-state index is 11.4.